The van der Waals surface area contributed by atoms with Crippen LogP contribution in [0.2, 0.25) is 0 Å². The molecular formula is C12H25N3O3. The predicted octanol–water partition coefficient (Wildman–Crippen LogP) is -0.382. The van der Waals surface area contributed by atoms with Gasteiger partial charge >= 0.3 is 0 Å². The number of rotatable bonds is 6. The van der Waals surface area contributed by atoms with Crippen molar-refractivity contribution in [2.75, 3.05) is 26.8 Å². The summed E-state index contributed by atoms with van der Waals surface area (Å²) in [7, 11) is 1.97. The maximum absolute atomic E-state index is 11.1. The highest BCUT2D eigenvalue weighted by Gasteiger charge is 2.32. The van der Waals surface area contributed by atoms with E-state index in [-0.39, 0.29) is 11.9 Å². The van der Waals surface area contributed by atoms with E-state index in [0.717, 1.165) is 6.42 Å². The third-order valence-corrected chi connectivity index (χ3v) is 3.67. The van der Waals surface area contributed by atoms with Gasteiger partial charge in [0.15, 0.2) is 0 Å². The number of nitrogens with zero attached hydrogens (tertiary/aromatic N) is 1. The Labute approximate surface area is 108 Å². The standard InChI is InChI=1S/C12H25N3O3/c1-10(3-4-11(16)14-13)15(2)9-12(17)5-7-18-8-6-12/h10,17H,3-9,13H2,1-2H3,(H,14,16). The van der Waals surface area contributed by atoms with Crippen molar-refractivity contribution in [2.24, 2.45) is 5.84 Å². The van der Waals surface area contributed by atoms with Gasteiger partial charge < -0.3 is 14.7 Å². The van der Waals surface area contributed by atoms with Crippen LogP contribution in [0, 0.1) is 0 Å². The van der Waals surface area contributed by atoms with Crippen LogP contribution in [0.1, 0.15) is 32.6 Å². The minimum atomic E-state index is -0.655. The summed E-state index contributed by atoms with van der Waals surface area (Å²) in [6.45, 7) is 3.90. The highest BCUT2D eigenvalue weighted by atomic mass is 16.5. The van der Waals surface area contributed by atoms with E-state index >= 15 is 0 Å². The molecule has 1 amide bonds. The van der Waals surface area contributed by atoms with Crippen molar-refractivity contribution in [1.82, 2.24) is 10.3 Å². The maximum atomic E-state index is 11.1. The van der Waals surface area contributed by atoms with Crippen LogP contribution in [0.15, 0.2) is 0 Å². The molecule has 1 fully saturated rings. The average molecular weight is 259 g/mol. The number of ether oxygens (including phenoxy) is 1. The van der Waals surface area contributed by atoms with Crippen molar-refractivity contribution < 1.29 is 14.6 Å². The van der Waals surface area contributed by atoms with E-state index in [1.54, 1.807) is 0 Å². The third kappa shape index (κ3) is 4.89. The molecule has 1 aliphatic heterocycles. The molecule has 18 heavy (non-hydrogen) atoms. The number of carbonyl (C=O) groups is 1. The Morgan fingerprint density at radius 1 is 1.56 bits per heavy atom. The molecule has 1 atom stereocenters. The van der Waals surface area contributed by atoms with E-state index < -0.39 is 5.60 Å². The molecule has 0 spiro atoms. The predicted molar refractivity (Wildman–Crippen MR) is 68.7 cm³/mol. The molecule has 0 aromatic heterocycles. The lowest BCUT2D eigenvalue weighted by Gasteiger charge is -2.37. The zero-order valence-corrected chi connectivity index (χ0v) is 11.3. The normalized spacial score (nSPS) is 20.7. The van der Waals surface area contributed by atoms with Crippen molar-refractivity contribution in [2.45, 2.75) is 44.2 Å². The van der Waals surface area contributed by atoms with Crippen LogP contribution in [0.3, 0.4) is 0 Å². The summed E-state index contributed by atoms with van der Waals surface area (Å²) in [6.07, 6.45) is 2.48. The number of aliphatic hydroxyl groups is 1. The van der Waals surface area contributed by atoms with Gasteiger partial charge in [-0.05, 0) is 20.4 Å². The van der Waals surface area contributed by atoms with Crippen LogP contribution in [-0.4, -0.2) is 54.4 Å². The van der Waals surface area contributed by atoms with Crippen molar-refractivity contribution in [3.63, 3.8) is 0 Å². The van der Waals surface area contributed by atoms with E-state index in [0.29, 0.717) is 39.0 Å². The molecule has 1 aliphatic rings. The molecule has 1 saturated heterocycles. The van der Waals surface area contributed by atoms with E-state index in [4.69, 9.17) is 10.6 Å². The van der Waals surface area contributed by atoms with Crippen LogP contribution in [-0.2, 0) is 9.53 Å². The second-order valence-electron chi connectivity index (χ2n) is 5.21. The van der Waals surface area contributed by atoms with Gasteiger partial charge in [-0.25, -0.2) is 5.84 Å². The first-order valence-corrected chi connectivity index (χ1v) is 6.47. The summed E-state index contributed by atoms with van der Waals surface area (Å²) in [4.78, 5) is 13.2. The van der Waals surface area contributed by atoms with Crippen LogP contribution in [0.5, 0.6) is 0 Å². The van der Waals surface area contributed by atoms with Crippen molar-refractivity contribution in [3.8, 4) is 0 Å². The van der Waals surface area contributed by atoms with E-state index in [1.165, 1.54) is 0 Å². The first kappa shape index (κ1) is 15.4. The molecule has 1 rings (SSSR count). The summed E-state index contributed by atoms with van der Waals surface area (Å²) >= 11 is 0. The summed E-state index contributed by atoms with van der Waals surface area (Å²) < 4.78 is 5.26. The van der Waals surface area contributed by atoms with Gasteiger partial charge in [0.1, 0.15) is 0 Å². The topological polar surface area (TPSA) is 87.8 Å². The van der Waals surface area contributed by atoms with Crippen LogP contribution in [0.4, 0.5) is 0 Å². The highest BCUT2D eigenvalue weighted by Crippen LogP contribution is 2.22. The fraction of sp³-hybridized carbons (Fsp3) is 0.917. The molecule has 0 bridgehead atoms. The molecule has 0 aromatic rings. The quantitative estimate of drug-likeness (QED) is 0.344. The number of likely N-dealkylation sites (N-methyl/N-ethyl adjacent to an activating group) is 1. The second-order valence-corrected chi connectivity index (χ2v) is 5.21. The summed E-state index contributed by atoms with van der Waals surface area (Å²) in [5.41, 5.74) is 1.47. The molecule has 0 aliphatic carbocycles. The largest absolute Gasteiger partial charge is 0.388 e. The molecule has 106 valence electrons. The fourth-order valence-corrected chi connectivity index (χ4v) is 2.16. The molecule has 6 nitrogen and oxygen atoms in total. The van der Waals surface area contributed by atoms with Crippen LogP contribution >= 0.6 is 0 Å². The van der Waals surface area contributed by atoms with Gasteiger partial charge in [0.05, 0.1) is 5.60 Å². The summed E-state index contributed by atoms with van der Waals surface area (Å²) in [5, 5.41) is 10.4. The van der Waals surface area contributed by atoms with Gasteiger partial charge in [-0.15, -0.1) is 0 Å². The lowest BCUT2D eigenvalue weighted by atomic mass is 9.93. The Morgan fingerprint density at radius 2 is 2.17 bits per heavy atom. The van der Waals surface area contributed by atoms with Crippen molar-refractivity contribution in [1.29, 1.82) is 0 Å². The SMILES string of the molecule is CC(CCC(=O)NN)N(C)CC1(O)CCOCC1. The first-order valence-electron chi connectivity index (χ1n) is 6.47. The van der Waals surface area contributed by atoms with Crippen molar-refractivity contribution in [3.05, 3.63) is 0 Å². The maximum Gasteiger partial charge on any atom is 0.233 e. The minimum Gasteiger partial charge on any atom is -0.388 e. The molecular weight excluding hydrogens is 234 g/mol. The Balaban J connectivity index is 2.34. The average Bonchev–Trinajstić information content (AvgIpc) is 2.35. The number of hydrogen-bond acceptors (Lipinski definition) is 5. The van der Waals surface area contributed by atoms with Crippen molar-refractivity contribution >= 4 is 5.91 Å². The number of hydrazine groups is 1. The lowest BCUT2D eigenvalue weighted by molar-refractivity contribution is -0.121. The number of nitrogens with one attached hydrogen (secondary N) is 1. The molecule has 0 aromatic carbocycles. The lowest BCUT2D eigenvalue weighted by Crippen LogP contribution is -2.48. The number of amides is 1. The van der Waals surface area contributed by atoms with E-state index in [2.05, 4.69) is 10.3 Å². The van der Waals surface area contributed by atoms with Crippen LogP contribution < -0.4 is 11.3 Å². The zero-order chi connectivity index (χ0) is 13.6. The zero-order valence-electron chi connectivity index (χ0n) is 11.3. The van der Waals surface area contributed by atoms with Gasteiger partial charge in [-0.3, -0.25) is 10.2 Å². The Hall–Kier alpha value is -0.690. The van der Waals surface area contributed by atoms with Crippen LogP contribution in [0.25, 0.3) is 0 Å². The van der Waals surface area contributed by atoms with Gasteiger partial charge in [0.25, 0.3) is 0 Å². The second kappa shape index (κ2) is 7.04. The third-order valence-electron chi connectivity index (χ3n) is 3.67. The van der Waals surface area contributed by atoms with E-state index in [1.807, 2.05) is 14.0 Å². The molecule has 0 radical (unpaired) electrons. The molecule has 1 heterocycles. The highest BCUT2D eigenvalue weighted by molar-refractivity contribution is 5.75. The number of carbonyl (C=O) groups excluding carboxylic acids is 1. The molecule has 6 heteroatoms. The van der Waals surface area contributed by atoms with Gasteiger partial charge in [0.2, 0.25) is 5.91 Å². The minimum absolute atomic E-state index is 0.153. The van der Waals surface area contributed by atoms with E-state index in [9.17, 15) is 9.90 Å². The Morgan fingerprint density at radius 3 is 2.72 bits per heavy atom. The van der Waals surface area contributed by atoms with Gasteiger partial charge in [-0.1, -0.05) is 0 Å². The first-order chi connectivity index (χ1) is 8.47. The summed E-state index contributed by atoms with van der Waals surface area (Å²) in [6, 6.07) is 0.231. The molecule has 0 saturated carbocycles. The fourth-order valence-electron chi connectivity index (χ4n) is 2.16. The number of hydrogen-bond donors (Lipinski definition) is 3. The Bertz CT molecular complexity index is 267. The monoisotopic (exact) mass is 259 g/mol. The Kier molecular flexibility index (Phi) is 6.01. The van der Waals surface area contributed by atoms with Gasteiger partial charge in [0, 0.05) is 45.1 Å². The van der Waals surface area contributed by atoms with Gasteiger partial charge in [-0.2, -0.15) is 0 Å². The molecule has 1 unspecified atom stereocenters. The summed E-state index contributed by atoms with van der Waals surface area (Å²) in [5.74, 6) is 4.89. The molecule has 4 N–H and O–H groups in total. The number of nitrogens with two attached hydrogens (primary N) is 1. The smallest absolute Gasteiger partial charge is 0.233 e.